The predicted octanol–water partition coefficient (Wildman–Crippen LogP) is 6.55. The van der Waals surface area contributed by atoms with Gasteiger partial charge in [-0.15, -0.1) is 0 Å². The Bertz CT molecular complexity index is 1110. The zero-order chi connectivity index (χ0) is 35.3. The summed E-state index contributed by atoms with van der Waals surface area (Å²) in [6, 6.07) is 0. The first-order valence-corrected chi connectivity index (χ1v) is 20.2. The average Bonchev–Trinajstić information content (AvgIpc) is 3.12. The molecule has 50 heavy (non-hydrogen) atoms. The highest BCUT2D eigenvalue weighted by Crippen LogP contribution is 2.40. The van der Waals surface area contributed by atoms with Gasteiger partial charge >= 0.3 is 17.9 Å². The van der Waals surface area contributed by atoms with Gasteiger partial charge in [-0.3, -0.25) is 14.4 Å². The van der Waals surface area contributed by atoms with Crippen LogP contribution in [0.3, 0.4) is 0 Å². The maximum Gasteiger partial charge on any atom is 0.310 e. The second kappa shape index (κ2) is 20.3. The van der Waals surface area contributed by atoms with Gasteiger partial charge in [0.25, 0.3) is 0 Å². The first kappa shape index (κ1) is 39.2. The minimum absolute atomic E-state index is 0.0249. The van der Waals surface area contributed by atoms with Crippen LogP contribution in [0.25, 0.3) is 0 Å². The summed E-state index contributed by atoms with van der Waals surface area (Å²) in [5, 5.41) is 20.7. The minimum Gasteiger partial charge on any atom is -0.481 e. The lowest BCUT2D eigenvalue weighted by molar-refractivity contribution is -0.336. The third kappa shape index (κ3) is 12.0. The molecule has 5 saturated carbocycles. The summed E-state index contributed by atoms with van der Waals surface area (Å²) >= 11 is 2.04. The van der Waals surface area contributed by atoms with Gasteiger partial charge in [0, 0.05) is 10.5 Å². The number of hydrogen-bond donors (Lipinski definition) is 2. The Kier molecular flexibility index (Phi) is 15.9. The Morgan fingerprint density at radius 2 is 1.20 bits per heavy atom. The SMILES string of the molecule is C#COC1CCC(C(=O)OC2CCC(SC3CCC(OOCC4CCC(OCCOC5CCCCC5)CC4C(=O)O)CC3)CC2)C(C(=O)O)C1. The van der Waals surface area contributed by atoms with Crippen molar-refractivity contribution >= 4 is 29.7 Å². The molecule has 0 aliphatic heterocycles. The van der Waals surface area contributed by atoms with E-state index in [1.54, 1.807) is 0 Å². The average molecular weight is 723 g/mol. The van der Waals surface area contributed by atoms with Crippen molar-refractivity contribution in [1.82, 2.24) is 0 Å². The standard InChI is InChI=1S/C38H58O11S/c1-2-44-29-14-19-33(35(23-29)37(41)42)38(43)48-27-10-15-31(16-11-27)50-32-17-12-28(13-18-32)49-47-24-25-8-9-30(22-34(25)36(39)40)46-21-20-45-26-6-4-3-5-7-26/h1,25-35H,3-24H2,(H,39,40)(H,41,42). The number of esters is 1. The van der Waals surface area contributed by atoms with Gasteiger partial charge in [-0.1, -0.05) is 25.7 Å². The van der Waals surface area contributed by atoms with Crippen LogP contribution in [0, 0.1) is 36.2 Å². The fourth-order valence-corrected chi connectivity index (χ4v) is 10.3. The van der Waals surface area contributed by atoms with Crippen LogP contribution in [0.2, 0.25) is 0 Å². The van der Waals surface area contributed by atoms with Crippen molar-refractivity contribution in [3.63, 3.8) is 0 Å². The molecule has 0 radical (unpaired) electrons. The molecule has 0 amide bonds. The number of carbonyl (C=O) groups is 3. The van der Waals surface area contributed by atoms with Crippen molar-refractivity contribution in [2.45, 2.75) is 163 Å². The van der Waals surface area contributed by atoms with Crippen molar-refractivity contribution in [2.24, 2.45) is 23.7 Å². The Morgan fingerprint density at radius 1 is 0.620 bits per heavy atom. The van der Waals surface area contributed by atoms with Gasteiger partial charge < -0.3 is 29.2 Å². The van der Waals surface area contributed by atoms with Crippen molar-refractivity contribution < 1.29 is 53.3 Å². The maximum absolute atomic E-state index is 13.0. The lowest BCUT2D eigenvalue weighted by Gasteiger charge is -2.35. The summed E-state index contributed by atoms with van der Waals surface area (Å²) in [5.74, 6) is -4.30. The molecule has 5 rings (SSSR count). The highest BCUT2D eigenvalue weighted by Gasteiger charge is 2.42. The van der Waals surface area contributed by atoms with Crippen LogP contribution in [0.1, 0.15) is 122 Å². The van der Waals surface area contributed by atoms with E-state index in [0.717, 1.165) is 77.0 Å². The molecule has 12 heteroatoms. The molecule has 0 aromatic rings. The number of hydrogen-bond acceptors (Lipinski definition) is 10. The number of ether oxygens (including phenoxy) is 4. The first-order valence-electron chi connectivity index (χ1n) is 19.2. The molecular formula is C38H58O11S. The number of carbonyl (C=O) groups excluding carboxylic acids is 1. The number of carboxylic acids is 2. The van der Waals surface area contributed by atoms with Crippen LogP contribution >= 0.6 is 11.8 Å². The van der Waals surface area contributed by atoms with Crippen LogP contribution < -0.4 is 0 Å². The molecule has 2 N–H and O–H groups in total. The van der Waals surface area contributed by atoms with E-state index in [-0.39, 0.29) is 43.4 Å². The van der Waals surface area contributed by atoms with E-state index in [4.69, 9.17) is 35.1 Å². The molecule has 11 nitrogen and oxygen atoms in total. The molecule has 0 aromatic heterocycles. The zero-order valence-corrected chi connectivity index (χ0v) is 30.3. The quantitative estimate of drug-likeness (QED) is 0.0586. The molecule has 0 spiro atoms. The van der Waals surface area contributed by atoms with Crippen LogP contribution in [0.15, 0.2) is 0 Å². The van der Waals surface area contributed by atoms with Gasteiger partial charge in [-0.05, 0) is 109 Å². The second-order valence-electron chi connectivity index (χ2n) is 15.1. The van der Waals surface area contributed by atoms with E-state index in [1.165, 1.54) is 19.3 Å². The smallest absolute Gasteiger partial charge is 0.310 e. The summed E-state index contributed by atoms with van der Waals surface area (Å²) in [6.07, 6.45) is 23.9. The normalized spacial score (nSPS) is 35.4. The zero-order valence-electron chi connectivity index (χ0n) is 29.5. The van der Waals surface area contributed by atoms with Crippen molar-refractivity contribution in [3.05, 3.63) is 0 Å². The van der Waals surface area contributed by atoms with Crippen molar-refractivity contribution in [3.8, 4) is 12.5 Å². The molecule has 5 fully saturated rings. The van der Waals surface area contributed by atoms with Gasteiger partial charge in [0.1, 0.15) is 18.3 Å². The lowest BCUT2D eigenvalue weighted by Crippen LogP contribution is -2.40. The van der Waals surface area contributed by atoms with Gasteiger partial charge in [-0.2, -0.15) is 11.8 Å². The molecule has 6 atom stereocenters. The number of terminal acetylenes is 1. The Hall–Kier alpha value is -2.04. The van der Waals surface area contributed by atoms with Crippen LogP contribution in [0.4, 0.5) is 0 Å². The van der Waals surface area contributed by atoms with Gasteiger partial charge in [0.2, 0.25) is 0 Å². The van der Waals surface area contributed by atoms with E-state index in [2.05, 4.69) is 6.11 Å². The summed E-state index contributed by atoms with van der Waals surface area (Å²) in [4.78, 5) is 48.4. The minimum atomic E-state index is -1.01. The van der Waals surface area contributed by atoms with Gasteiger partial charge in [0.05, 0.1) is 55.9 Å². The summed E-state index contributed by atoms with van der Waals surface area (Å²) in [7, 11) is 0. The first-order chi connectivity index (χ1) is 24.3. The predicted molar refractivity (Wildman–Crippen MR) is 186 cm³/mol. The highest BCUT2D eigenvalue weighted by atomic mass is 32.2. The molecule has 282 valence electrons. The lowest BCUT2D eigenvalue weighted by atomic mass is 9.77. The fraction of sp³-hybridized carbons (Fsp3) is 0.868. The molecule has 6 unspecified atom stereocenters. The Balaban J connectivity index is 0.920. The van der Waals surface area contributed by atoms with E-state index >= 15 is 0 Å². The molecule has 5 aliphatic carbocycles. The van der Waals surface area contributed by atoms with E-state index in [0.29, 0.717) is 49.1 Å². The van der Waals surface area contributed by atoms with Crippen molar-refractivity contribution in [1.29, 1.82) is 0 Å². The van der Waals surface area contributed by atoms with Crippen molar-refractivity contribution in [2.75, 3.05) is 19.8 Å². The topological polar surface area (TPSA) is 147 Å². The van der Waals surface area contributed by atoms with Gasteiger partial charge in [0.15, 0.2) is 0 Å². The maximum atomic E-state index is 13.0. The number of carboxylic acid groups (broad SMARTS) is 2. The Labute approximate surface area is 301 Å². The van der Waals surface area contributed by atoms with Crippen LogP contribution in [-0.2, 0) is 43.1 Å². The molecule has 0 saturated heterocycles. The monoisotopic (exact) mass is 722 g/mol. The highest BCUT2D eigenvalue weighted by molar-refractivity contribution is 8.00. The molecular weight excluding hydrogens is 664 g/mol. The summed E-state index contributed by atoms with van der Waals surface area (Å²) in [5.41, 5.74) is 0. The third-order valence-corrected chi connectivity index (χ3v) is 13.4. The van der Waals surface area contributed by atoms with Crippen LogP contribution in [-0.4, -0.2) is 89.0 Å². The van der Waals surface area contributed by atoms with E-state index in [9.17, 15) is 24.6 Å². The summed E-state index contributed by atoms with van der Waals surface area (Å²) < 4.78 is 23.0. The third-order valence-electron chi connectivity index (χ3n) is 11.7. The van der Waals surface area contributed by atoms with Gasteiger partial charge in [-0.25, -0.2) is 9.78 Å². The van der Waals surface area contributed by atoms with E-state index in [1.807, 2.05) is 11.8 Å². The molecule has 0 heterocycles. The largest absolute Gasteiger partial charge is 0.481 e. The molecule has 0 bridgehead atoms. The number of thioether (sulfide) groups is 1. The second-order valence-corrected chi connectivity index (χ2v) is 16.7. The number of rotatable bonds is 16. The summed E-state index contributed by atoms with van der Waals surface area (Å²) in [6.45, 7) is 1.37. The Morgan fingerprint density at radius 3 is 1.84 bits per heavy atom. The number of aliphatic carboxylic acids is 2. The molecule has 5 aliphatic rings. The molecule has 0 aromatic carbocycles. The van der Waals surface area contributed by atoms with E-state index < -0.39 is 35.7 Å². The van der Waals surface area contributed by atoms with Crippen LogP contribution in [0.5, 0.6) is 0 Å². The fourth-order valence-electron chi connectivity index (χ4n) is 8.70.